The Labute approximate surface area is 93.0 Å². The van der Waals surface area contributed by atoms with Gasteiger partial charge in [0.25, 0.3) is 0 Å². The van der Waals surface area contributed by atoms with Crippen LogP contribution in [-0.4, -0.2) is 30.0 Å². The van der Waals surface area contributed by atoms with Crippen molar-refractivity contribution in [1.82, 2.24) is 0 Å². The zero-order chi connectivity index (χ0) is 11.3. The maximum absolute atomic E-state index is 9.70. The minimum absolute atomic E-state index is 0.303. The maximum atomic E-state index is 9.70. The molecule has 0 aromatic carbocycles. The molecule has 0 amide bonds. The summed E-state index contributed by atoms with van der Waals surface area (Å²) in [6, 6.07) is 0. The van der Waals surface area contributed by atoms with Gasteiger partial charge in [0.15, 0.2) is 0 Å². The third kappa shape index (κ3) is 4.96. The zero-order valence-electron chi connectivity index (χ0n) is 10.0. The fourth-order valence-corrected chi connectivity index (χ4v) is 2.08. The molecular formula is C12H25NO2. The van der Waals surface area contributed by atoms with Crippen molar-refractivity contribution in [3.05, 3.63) is 0 Å². The summed E-state index contributed by atoms with van der Waals surface area (Å²) < 4.78 is 5.78. The summed E-state index contributed by atoms with van der Waals surface area (Å²) in [6.45, 7) is 4.98. The third-order valence-corrected chi connectivity index (χ3v) is 3.32. The SMILES string of the molecule is CC1CCCC(OCCC(C)(O)CN)C1. The Morgan fingerprint density at radius 2 is 2.20 bits per heavy atom. The Morgan fingerprint density at radius 1 is 1.47 bits per heavy atom. The van der Waals surface area contributed by atoms with E-state index in [1.807, 2.05) is 0 Å². The smallest absolute Gasteiger partial charge is 0.0763 e. The van der Waals surface area contributed by atoms with E-state index in [4.69, 9.17) is 10.5 Å². The molecular weight excluding hydrogens is 190 g/mol. The van der Waals surface area contributed by atoms with Crippen LogP contribution < -0.4 is 5.73 Å². The molecule has 15 heavy (non-hydrogen) atoms. The molecule has 1 rings (SSSR count). The van der Waals surface area contributed by atoms with E-state index >= 15 is 0 Å². The third-order valence-electron chi connectivity index (χ3n) is 3.32. The second-order valence-electron chi connectivity index (χ2n) is 5.22. The summed E-state index contributed by atoms with van der Waals surface area (Å²) in [5.74, 6) is 0.791. The highest BCUT2D eigenvalue weighted by Crippen LogP contribution is 2.26. The first kappa shape index (κ1) is 12.9. The van der Waals surface area contributed by atoms with E-state index in [2.05, 4.69) is 6.92 Å². The summed E-state index contributed by atoms with van der Waals surface area (Å²) in [4.78, 5) is 0. The summed E-state index contributed by atoms with van der Waals surface area (Å²) in [5, 5.41) is 9.70. The lowest BCUT2D eigenvalue weighted by atomic mass is 9.89. The van der Waals surface area contributed by atoms with E-state index in [1.54, 1.807) is 6.92 Å². The van der Waals surface area contributed by atoms with Crippen molar-refractivity contribution in [2.45, 2.75) is 57.7 Å². The number of hydrogen-bond donors (Lipinski definition) is 2. The van der Waals surface area contributed by atoms with Crippen molar-refractivity contribution in [2.24, 2.45) is 11.7 Å². The van der Waals surface area contributed by atoms with E-state index in [-0.39, 0.29) is 0 Å². The minimum Gasteiger partial charge on any atom is -0.389 e. The first-order valence-electron chi connectivity index (χ1n) is 6.07. The van der Waals surface area contributed by atoms with Gasteiger partial charge in [-0.15, -0.1) is 0 Å². The average molecular weight is 215 g/mol. The van der Waals surface area contributed by atoms with Gasteiger partial charge in [0.1, 0.15) is 0 Å². The fraction of sp³-hybridized carbons (Fsp3) is 1.00. The largest absolute Gasteiger partial charge is 0.389 e. The number of ether oxygens (including phenoxy) is 1. The zero-order valence-corrected chi connectivity index (χ0v) is 10.0. The second kappa shape index (κ2) is 5.83. The van der Waals surface area contributed by atoms with Crippen LogP contribution in [0.5, 0.6) is 0 Å². The highest BCUT2D eigenvalue weighted by molar-refractivity contribution is 4.74. The molecule has 0 radical (unpaired) electrons. The van der Waals surface area contributed by atoms with Crippen molar-refractivity contribution in [2.75, 3.05) is 13.2 Å². The normalized spacial score (nSPS) is 31.2. The first-order valence-corrected chi connectivity index (χ1v) is 6.07. The highest BCUT2D eigenvalue weighted by Gasteiger charge is 2.21. The van der Waals surface area contributed by atoms with Gasteiger partial charge in [-0.2, -0.15) is 0 Å². The van der Waals surface area contributed by atoms with Gasteiger partial charge in [-0.05, 0) is 25.7 Å². The van der Waals surface area contributed by atoms with Crippen LogP contribution in [0.2, 0.25) is 0 Å². The highest BCUT2D eigenvalue weighted by atomic mass is 16.5. The molecule has 3 N–H and O–H groups in total. The minimum atomic E-state index is -0.764. The van der Waals surface area contributed by atoms with Crippen LogP contribution in [0.3, 0.4) is 0 Å². The fourth-order valence-electron chi connectivity index (χ4n) is 2.08. The molecule has 0 spiro atoms. The molecule has 0 aliphatic heterocycles. The molecule has 0 bridgehead atoms. The summed E-state index contributed by atoms with van der Waals surface area (Å²) in [6.07, 6.45) is 6.00. The summed E-state index contributed by atoms with van der Waals surface area (Å²) >= 11 is 0. The first-order chi connectivity index (χ1) is 7.03. The van der Waals surface area contributed by atoms with Crippen molar-refractivity contribution in [1.29, 1.82) is 0 Å². The average Bonchev–Trinajstić information content (AvgIpc) is 2.18. The molecule has 1 aliphatic carbocycles. The van der Waals surface area contributed by atoms with Gasteiger partial charge in [0.05, 0.1) is 11.7 Å². The van der Waals surface area contributed by atoms with Gasteiger partial charge in [0.2, 0.25) is 0 Å². The Kier molecular flexibility index (Phi) is 5.03. The van der Waals surface area contributed by atoms with Crippen LogP contribution in [0.4, 0.5) is 0 Å². The maximum Gasteiger partial charge on any atom is 0.0763 e. The quantitative estimate of drug-likeness (QED) is 0.733. The molecule has 0 heterocycles. The van der Waals surface area contributed by atoms with Gasteiger partial charge in [0, 0.05) is 19.6 Å². The predicted octanol–water partition coefficient (Wildman–Crippen LogP) is 1.68. The molecule has 90 valence electrons. The van der Waals surface area contributed by atoms with E-state index in [0.717, 1.165) is 5.92 Å². The Morgan fingerprint density at radius 3 is 2.80 bits per heavy atom. The van der Waals surface area contributed by atoms with Crippen molar-refractivity contribution in [3.8, 4) is 0 Å². The number of hydrogen-bond acceptors (Lipinski definition) is 3. The monoisotopic (exact) mass is 215 g/mol. The van der Waals surface area contributed by atoms with Gasteiger partial charge < -0.3 is 15.6 Å². The molecule has 1 saturated carbocycles. The van der Waals surface area contributed by atoms with Gasteiger partial charge in [-0.1, -0.05) is 19.8 Å². The van der Waals surface area contributed by atoms with Crippen LogP contribution in [0.25, 0.3) is 0 Å². The summed E-state index contributed by atoms with van der Waals surface area (Å²) in [5.41, 5.74) is 4.68. The Hall–Kier alpha value is -0.120. The molecule has 0 aromatic rings. The predicted molar refractivity (Wildman–Crippen MR) is 61.7 cm³/mol. The topological polar surface area (TPSA) is 55.5 Å². The summed E-state index contributed by atoms with van der Waals surface area (Å²) in [7, 11) is 0. The number of aliphatic hydroxyl groups is 1. The molecule has 3 heteroatoms. The molecule has 0 aromatic heterocycles. The molecule has 1 aliphatic rings. The van der Waals surface area contributed by atoms with Gasteiger partial charge >= 0.3 is 0 Å². The number of nitrogens with two attached hydrogens (primary N) is 1. The molecule has 3 nitrogen and oxygen atoms in total. The second-order valence-corrected chi connectivity index (χ2v) is 5.22. The van der Waals surface area contributed by atoms with Crippen LogP contribution in [0.1, 0.15) is 46.0 Å². The Bertz CT molecular complexity index is 182. The molecule has 3 atom stereocenters. The Balaban J connectivity index is 2.14. The lowest BCUT2D eigenvalue weighted by molar-refractivity contribution is -0.0238. The molecule has 1 fully saturated rings. The van der Waals surface area contributed by atoms with Crippen molar-refractivity contribution < 1.29 is 9.84 Å². The van der Waals surface area contributed by atoms with E-state index in [9.17, 15) is 5.11 Å². The van der Waals surface area contributed by atoms with Gasteiger partial charge in [-0.3, -0.25) is 0 Å². The van der Waals surface area contributed by atoms with Crippen LogP contribution in [0.15, 0.2) is 0 Å². The van der Waals surface area contributed by atoms with E-state index in [0.29, 0.717) is 25.7 Å². The molecule has 3 unspecified atom stereocenters. The lowest BCUT2D eigenvalue weighted by Crippen LogP contribution is -2.36. The lowest BCUT2D eigenvalue weighted by Gasteiger charge is -2.28. The standard InChI is InChI=1S/C12H25NO2/c1-10-4-3-5-11(8-10)15-7-6-12(2,14)9-13/h10-11,14H,3-9,13H2,1-2H3. The van der Waals surface area contributed by atoms with E-state index in [1.165, 1.54) is 25.7 Å². The molecule has 0 saturated heterocycles. The van der Waals surface area contributed by atoms with E-state index < -0.39 is 5.60 Å². The van der Waals surface area contributed by atoms with Gasteiger partial charge in [-0.25, -0.2) is 0 Å². The number of rotatable bonds is 5. The van der Waals surface area contributed by atoms with Crippen LogP contribution in [0, 0.1) is 5.92 Å². The van der Waals surface area contributed by atoms with Crippen LogP contribution >= 0.6 is 0 Å². The van der Waals surface area contributed by atoms with Crippen LogP contribution in [-0.2, 0) is 4.74 Å². The van der Waals surface area contributed by atoms with Crippen molar-refractivity contribution in [3.63, 3.8) is 0 Å². The van der Waals surface area contributed by atoms with Crippen molar-refractivity contribution >= 4 is 0 Å².